The fraction of sp³-hybridized carbons (Fsp3) is 0.421. The molecule has 0 bridgehead atoms. The van der Waals surface area contributed by atoms with E-state index in [-0.39, 0.29) is 6.42 Å². The summed E-state index contributed by atoms with van der Waals surface area (Å²) in [6.07, 6.45) is 6.84. The van der Waals surface area contributed by atoms with Crippen LogP contribution in [0.5, 0.6) is 5.75 Å². The first-order valence-electron chi connectivity index (χ1n) is 8.41. The third-order valence-electron chi connectivity index (χ3n) is 3.70. The van der Waals surface area contributed by atoms with Crippen molar-refractivity contribution in [2.75, 3.05) is 0 Å². The molecule has 0 spiro atoms. The highest BCUT2D eigenvalue weighted by Gasteiger charge is 2.03. The Labute approximate surface area is 142 Å². The molecule has 0 unspecified atom stereocenters. The summed E-state index contributed by atoms with van der Waals surface area (Å²) < 4.78 is 5.75. The Morgan fingerprint density at radius 1 is 1.12 bits per heavy atom. The lowest BCUT2D eigenvalue weighted by Crippen LogP contribution is -2.03. The molecule has 0 saturated heterocycles. The van der Waals surface area contributed by atoms with Crippen LogP contribution < -0.4 is 4.74 Å². The Hall–Kier alpha value is -2.43. The van der Waals surface area contributed by atoms with Crippen LogP contribution in [0.1, 0.15) is 49.7 Å². The molecular formula is C19H24N2O3. The molecule has 0 amide bonds. The average molecular weight is 328 g/mol. The molecule has 0 aliphatic carbocycles. The van der Waals surface area contributed by atoms with Gasteiger partial charge in [-0.15, -0.1) is 0 Å². The average Bonchev–Trinajstić information content (AvgIpc) is 2.60. The minimum absolute atomic E-state index is 0.141. The molecule has 2 rings (SSSR count). The van der Waals surface area contributed by atoms with Gasteiger partial charge in [-0.1, -0.05) is 31.9 Å². The molecule has 1 heterocycles. The summed E-state index contributed by atoms with van der Waals surface area (Å²) in [4.78, 5) is 19.4. The van der Waals surface area contributed by atoms with Crippen molar-refractivity contribution in [1.82, 2.24) is 9.97 Å². The van der Waals surface area contributed by atoms with E-state index in [9.17, 15) is 4.79 Å². The summed E-state index contributed by atoms with van der Waals surface area (Å²) in [5.41, 5.74) is 1.86. The highest BCUT2D eigenvalue weighted by atomic mass is 16.5. The third-order valence-corrected chi connectivity index (χ3v) is 3.70. The summed E-state index contributed by atoms with van der Waals surface area (Å²) in [5, 5.41) is 8.69. The van der Waals surface area contributed by atoms with Gasteiger partial charge in [0, 0.05) is 19.0 Å². The number of hydrogen-bond acceptors (Lipinski definition) is 4. The Balaban J connectivity index is 1.84. The first kappa shape index (κ1) is 17.9. The summed E-state index contributed by atoms with van der Waals surface area (Å²) in [7, 11) is 0. The van der Waals surface area contributed by atoms with Crippen LogP contribution in [-0.2, 0) is 24.2 Å². The predicted octanol–water partition coefficient (Wildman–Crippen LogP) is 3.81. The van der Waals surface area contributed by atoms with Gasteiger partial charge in [-0.2, -0.15) is 0 Å². The largest absolute Gasteiger partial charge is 0.487 e. The summed E-state index contributed by atoms with van der Waals surface area (Å²) >= 11 is 0. The monoisotopic (exact) mass is 328 g/mol. The van der Waals surface area contributed by atoms with Gasteiger partial charge in [0.2, 0.25) is 0 Å². The van der Waals surface area contributed by atoms with Crippen LogP contribution in [0.4, 0.5) is 0 Å². The summed E-state index contributed by atoms with van der Waals surface area (Å²) in [6.45, 7) is 2.58. The number of unbranched alkanes of at least 4 members (excludes halogenated alkanes) is 2. The third kappa shape index (κ3) is 6.36. The van der Waals surface area contributed by atoms with E-state index in [1.54, 1.807) is 6.20 Å². The number of nitrogens with zero attached hydrogens (tertiary/aromatic N) is 2. The molecule has 128 valence electrons. The van der Waals surface area contributed by atoms with Crippen molar-refractivity contribution in [2.45, 2.75) is 52.1 Å². The molecule has 0 aliphatic heterocycles. The van der Waals surface area contributed by atoms with Crippen LogP contribution in [0.2, 0.25) is 0 Å². The van der Waals surface area contributed by atoms with Gasteiger partial charge in [0.1, 0.15) is 18.2 Å². The van der Waals surface area contributed by atoms with Crippen molar-refractivity contribution in [3.63, 3.8) is 0 Å². The van der Waals surface area contributed by atoms with Crippen LogP contribution in [0, 0.1) is 0 Å². The van der Waals surface area contributed by atoms with E-state index in [4.69, 9.17) is 9.84 Å². The molecule has 2 aromatic rings. The zero-order valence-corrected chi connectivity index (χ0v) is 14.1. The fourth-order valence-corrected chi connectivity index (χ4v) is 2.34. The second kappa shape index (κ2) is 9.65. The topological polar surface area (TPSA) is 72.3 Å². The molecule has 0 fully saturated rings. The van der Waals surface area contributed by atoms with Crippen molar-refractivity contribution in [2.24, 2.45) is 0 Å². The van der Waals surface area contributed by atoms with Crippen LogP contribution in [0.15, 0.2) is 36.5 Å². The maximum Gasteiger partial charge on any atom is 0.303 e. The zero-order chi connectivity index (χ0) is 17.2. The van der Waals surface area contributed by atoms with Gasteiger partial charge >= 0.3 is 5.97 Å². The lowest BCUT2D eigenvalue weighted by Gasteiger charge is -2.08. The van der Waals surface area contributed by atoms with Crippen molar-refractivity contribution < 1.29 is 14.6 Å². The highest BCUT2D eigenvalue weighted by molar-refractivity contribution is 5.67. The van der Waals surface area contributed by atoms with Gasteiger partial charge in [0.15, 0.2) is 0 Å². The standard InChI is InChI=1S/C19H24N2O3/c1-2-3-4-5-18-20-13-12-16(21-18)14-24-17-9-6-15(7-10-17)8-11-19(22)23/h6-7,9-10,12-13H,2-5,8,11,14H2,1H3,(H,22,23). The number of aromatic nitrogens is 2. The molecule has 0 atom stereocenters. The number of carboxylic acid groups (broad SMARTS) is 1. The molecule has 1 aromatic carbocycles. The Morgan fingerprint density at radius 3 is 2.62 bits per heavy atom. The Bertz CT molecular complexity index is 641. The normalized spacial score (nSPS) is 10.5. The van der Waals surface area contributed by atoms with E-state index in [0.29, 0.717) is 13.0 Å². The fourth-order valence-electron chi connectivity index (χ4n) is 2.34. The Kier molecular flexibility index (Phi) is 7.21. The number of carbonyl (C=O) groups is 1. The van der Waals surface area contributed by atoms with E-state index < -0.39 is 5.97 Å². The number of aryl methyl sites for hydroxylation is 2. The summed E-state index contributed by atoms with van der Waals surface area (Å²) in [6, 6.07) is 9.38. The van der Waals surface area contributed by atoms with Crippen LogP contribution in [0.25, 0.3) is 0 Å². The molecule has 1 N–H and O–H groups in total. The van der Waals surface area contributed by atoms with Gasteiger partial charge in [-0.3, -0.25) is 4.79 Å². The smallest absolute Gasteiger partial charge is 0.303 e. The number of aliphatic carboxylic acids is 1. The number of ether oxygens (including phenoxy) is 1. The van der Waals surface area contributed by atoms with Crippen molar-refractivity contribution in [1.29, 1.82) is 0 Å². The second-order valence-corrected chi connectivity index (χ2v) is 5.75. The molecular weight excluding hydrogens is 304 g/mol. The molecule has 5 heteroatoms. The van der Waals surface area contributed by atoms with Gasteiger partial charge in [0.25, 0.3) is 0 Å². The minimum atomic E-state index is -0.783. The SMILES string of the molecule is CCCCCc1nccc(COc2ccc(CCC(=O)O)cc2)n1. The van der Waals surface area contributed by atoms with Crippen LogP contribution >= 0.6 is 0 Å². The first-order chi connectivity index (χ1) is 11.7. The highest BCUT2D eigenvalue weighted by Crippen LogP contribution is 2.15. The van der Waals surface area contributed by atoms with E-state index in [1.165, 1.54) is 12.8 Å². The van der Waals surface area contributed by atoms with Crippen LogP contribution in [0.3, 0.4) is 0 Å². The molecule has 5 nitrogen and oxygen atoms in total. The van der Waals surface area contributed by atoms with Gasteiger partial charge in [-0.25, -0.2) is 9.97 Å². The van der Waals surface area contributed by atoms with Gasteiger partial charge < -0.3 is 9.84 Å². The lowest BCUT2D eigenvalue weighted by molar-refractivity contribution is -0.136. The number of benzene rings is 1. The predicted molar refractivity (Wildman–Crippen MR) is 92.0 cm³/mol. The van der Waals surface area contributed by atoms with E-state index >= 15 is 0 Å². The van der Waals surface area contributed by atoms with E-state index in [1.807, 2.05) is 30.3 Å². The minimum Gasteiger partial charge on any atom is -0.487 e. The van der Waals surface area contributed by atoms with E-state index in [0.717, 1.165) is 35.7 Å². The second-order valence-electron chi connectivity index (χ2n) is 5.75. The van der Waals surface area contributed by atoms with Crippen molar-refractivity contribution in [3.05, 3.63) is 53.6 Å². The van der Waals surface area contributed by atoms with Crippen molar-refractivity contribution >= 4 is 5.97 Å². The van der Waals surface area contributed by atoms with Crippen molar-refractivity contribution in [3.8, 4) is 5.75 Å². The lowest BCUT2D eigenvalue weighted by atomic mass is 10.1. The maximum atomic E-state index is 10.6. The molecule has 24 heavy (non-hydrogen) atoms. The molecule has 0 radical (unpaired) electrons. The molecule has 0 saturated carbocycles. The maximum absolute atomic E-state index is 10.6. The summed E-state index contributed by atoms with van der Waals surface area (Å²) in [5.74, 6) is 0.836. The number of carboxylic acids is 1. The van der Waals surface area contributed by atoms with Gasteiger partial charge in [0.05, 0.1) is 5.69 Å². The van der Waals surface area contributed by atoms with Gasteiger partial charge in [-0.05, 0) is 36.6 Å². The number of hydrogen-bond donors (Lipinski definition) is 1. The molecule has 0 aliphatic rings. The Morgan fingerprint density at radius 2 is 1.92 bits per heavy atom. The van der Waals surface area contributed by atoms with E-state index in [2.05, 4.69) is 16.9 Å². The quantitative estimate of drug-likeness (QED) is 0.672. The number of rotatable bonds is 10. The zero-order valence-electron chi connectivity index (χ0n) is 14.1. The van der Waals surface area contributed by atoms with Crippen LogP contribution in [-0.4, -0.2) is 21.0 Å². The first-order valence-corrected chi connectivity index (χ1v) is 8.41. The molecule has 1 aromatic heterocycles.